The van der Waals surface area contributed by atoms with E-state index in [0.717, 1.165) is 72.5 Å². The molecule has 254 valence electrons. The van der Waals surface area contributed by atoms with Crippen LogP contribution in [0, 0.1) is 0 Å². The molecule has 8 rings (SSSR count). The molecule has 5 atom stereocenters. The summed E-state index contributed by atoms with van der Waals surface area (Å²) in [4.78, 5) is 18.6. The number of quaternary nitrogens is 1. The van der Waals surface area contributed by atoms with Crippen LogP contribution in [0.4, 0.5) is 5.69 Å². The number of ether oxygens (including phenoxy) is 1. The second kappa shape index (κ2) is 12.9. The molecule has 5 aliphatic rings. The number of fused-ring (bicyclic) bond motifs is 4. The van der Waals surface area contributed by atoms with Crippen LogP contribution in [0.1, 0.15) is 99.0 Å². The molecule has 3 aromatic carbocycles. The van der Waals surface area contributed by atoms with E-state index in [4.69, 9.17) is 15.5 Å². The maximum Gasteiger partial charge on any atom is 0.227 e. The van der Waals surface area contributed by atoms with E-state index < -0.39 is 6.10 Å². The van der Waals surface area contributed by atoms with Gasteiger partial charge in [0.25, 0.3) is 0 Å². The van der Waals surface area contributed by atoms with Crippen molar-refractivity contribution >= 4 is 17.7 Å². The number of aromatic hydroxyl groups is 1. The Labute approximate surface area is 288 Å². The van der Waals surface area contributed by atoms with Gasteiger partial charge in [-0.15, -0.1) is 0 Å². The second-order valence-electron chi connectivity index (χ2n) is 14.6. The molecule has 3 aliphatic heterocycles. The van der Waals surface area contributed by atoms with Gasteiger partial charge in [0.05, 0.1) is 6.10 Å². The van der Waals surface area contributed by atoms with Gasteiger partial charge in [-0.1, -0.05) is 69.0 Å². The monoisotopic (exact) mass is 659 g/mol. The molecule has 3 heterocycles. The van der Waals surface area contributed by atoms with Crippen LogP contribution in [-0.2, 0) is 16.6 Å². The van der Waals surface area contributed by atoms with E-state index in [9.17, 15) is 15.0 Å². The summed E-state index contributed by atoms with van der Waals surface area (Å²) in [6.45, 7) is 3.24. The van der Waals surface area contributed by atoms with Gasteiger partial charge in [0.2, 0.25) is 6.73 Å². The van der Waals surface area contributed by atoms with Gasteiger partial charge < -0.3 is 26.0 Å². The quantitative estimate of drug-likeness (QED) is 0.145. The molecule has 8 heteroatoms. The van der Waals surface area contributed by atoms with Gasteiger partial charge in [-0.25, -0.2) is 0 Å². The van der Waals surface area contributed by atoms with Crippen molar-refractivity contribution in [3.05, 3.63) is 99.9 Å². The fourth-order valence-corrected chi connectivity index (χ4v) is 9.27. The number of aliphatic hydroxyl groups is 1. The first-order valence-corrected chi connectivity index (χ1v) is 18.1. The van der Waals surface area contributed by atoms with Crippen molar-refractivity contribution in [1.82, 2.24) is 0 Å². The number of anilines is 1. The summed E-state index contributed by atoms with van der Waals surface area (Å²) < 4.78 is 6.22. The Morgan fingerprint density at radius 3 is 2.88 bits per heavy atom. The number of nitrogens with two attached hydrogens (primary N) is 1. The Morgan fingerprint density at radius 1 is 1.14 bits per heavy atom. The second-order valence-corrected chi connectivity index (χ2v) is 14.6. The number of hydrogen-bond acceptors (Lipinski definition) is 7. The highest BCUT2D eigenvalue weighted by atomic mass is 16.5. The van der Waals surface area contributed by atoms with Crippen molar-refractivity contribution in [3.63, 3.8) is 0 Å². The summed E-state index contributed by atoms with van der Waals surface area (Å²) in [7, 11) is 0. The van der Waals surface area contributed by atoms with Gasteiger partial charge in [-0.3, -0.25) is 14.7 Å². The van der Waals surface area contributed by atoms with Crippen molar-refractivity contribution in [3.8, 4) is 22.6 Å². The number of aryl methyl sites for hydroxylation is 1. The standard InChI is InChI=1S/C41H46N4O4/c1-2-3-4-8-26(46)20-27(47)16-14-25-15-17-36(48)37(19-25)49-24-45-22-30-33(21-43-35(30)23-45)41-18-7-12-31(41)28-9-6-13-34-39(28)38-29(40(42)44-34)10-5-11-32(38)41/h5-6,9-11,13,15,17,19,21,23,26,31,40,44,46,48H,2-4,7-8,12,14,16,18,20,22,24,42H2,1H3/p+1. The zero-order valence-corrected chi connectivity index (χ0v) is 28.3. The molecule has 0 spiro atoms. The van der Waals surface area contributed by atoms with Gasteiger partial charge >= 0.3 is 0 Å². The number of Topliss-reactive ketones (excluding diaryl/α,β-unsaturated/α-hetero) is 1. The number of hydrogen-bond donors (Lipinski definition) is 5. The van der Waals surface area contributed by atoms with Gasteiger partial charge in [0.1, 0.15) is 30.4 Å². The Bertz CT molecular complexity index is 1900. The Balaban J connectivity index is 0.992. The molecule has 0 saturated heterocycles. The number of rotatable bonds is 13. The third-order valence-corrected chi connectivity index (χ3v) is 11.5. The summed E-state index contributed by atoms with van der Waals surface area (Å²) in [5, 5.41) is 24.4. The van der Waals surface area contributed by atoms with E-state index in [-0.39, 0.29) is 29.5 Å². The van der Waals surface area contributed by atoms with Gasteiger partial charge in [-0.05, 0) is 83.2 Å². The minimum Gasteiger partial charge on any atom is -0.504 e. The normalized spacial score (nSPS) is 24.6. The molecule has 1 fully saturated rings. The summed E-state index contributed by atoms with van der Waals surface area (Å²) in [6, 6.07) is 18.6. The third-order valence-electron chi connectivity index (χ3n) is 11.5. The molecule has 49 heavy (non-hydrogen) atoms. The fraction of sp³-hybridized carbons (Fsp3) is 0.415. The SMILES string of the molecule is CCCCCC(O)CC(=O)CCc1ccc(O)c(OC[NH+]2C=C3N=CC(C45CCCC4c4cccc6c4-c4c(cccc45)C(N)N6)=C3C2)c1. The highest BCUT2D eigenvalue weighted by Gasteiger charge is 2.55. The molecule has 8 nitrogen and oxygen atoms in total. The molecular weight excluding hydrogens is 612 g/mol. The molecule has 0 radical (unpaired) electrons. The molecule has 0 amide bonds. The van der Waals surface area contributed by atoms with Crippen molar-refractivity contribution in [2.45, 2.75) is 94.7 Å². The van der Waals surface area contributed by atoms with E-state index in [1.807, 2.05) is 12.1 Å². The highest BCUT2D eigenvalue weighted by molar-refractivity contribution is 5.97. The van der Waals surface area contributed by atoms with Crippen molar-refractivity contribution in [2.75, 3.05) is 18.6 Å². The predicted octanol–water partition coefficient (Wildman–Crippen LogP) is 5.95. The van der Waals surface area contributed by atoms with Crippen molar-refractivity contribution in [1.29, 1.82) is 0 Å². The Kier molecular flexibility index (Phi) is 8.42. The first-order valence-electron chi connectivity index (χ1n) is 18.1. The van der Waals surface area contributed by atoms with Crippen LogP contribution in [0.15, 0.2) is 82.6 Å². The van der Waals surface area contributed by atoms with Gasteiger partial charge in [0, 0.05) is 41.3 Å². The largest absolute Gasteiger partial charge is 0.504 e. The zero-order valence-electron chi connectivity index (χ0n) is 28.3. The number of carbonyl (C=O) groups excluding carboxylic acids is 1. The zero-order chi connectivity index (χ0) is 33.7. The van der Waals surface area contributed by atoms with Crippen LogP contribution >= 0.6 is 0 Å². The lowest BCUT2D eigenvalue weighted by atomic mass is 9.57. The molecule has 0 bridgehead atoms. The fourth-order valence-electron chi connectivity index (χ4n) is 9.27. The third kappa shape index (κ3) is 5.50. The van der Waals surface area contributed by atoms with Crippen molar-refractivity contribution < 1.29 is 24.6 Å². The van der Waals surface area contributed by atoms with E-state index in [0.29, 0.717) is 37.7 Å². The van der Waals surface area contributed by atoms with Gasteiger partial charge in [0.15, 0.2) is 11.5 Å². The van der Waals surface area contributed by atoms with Crippen LogP contribution in [0.3, 0.4) is 0 Å². The topological polar surface area (TPSA) is 122 Å². The van der Waals surface area contributed by atoms with Crippen LogP contribution in [0.2, 0.25) is 0 Å². The smallest absolute Gasteiger partial charge is 0.227 e. The molecule has 3 aromatic rings. The van der Waals surface area contributed by atoms with Crippen LogP contribution in [-0.4, -0.2) is 41.6 Å². The first-order chi connectivity index (χ1) is 23.9. The lowest BCUT2D eigenvalue weighted by molar-refractivity contribution is -0.855. The van der Waals surface area contributed by atoms with E-state index in [1.54, 1.807) is 6.07 Å². The molecule has 6 N–H and O–H groups in total. The number of aliphatic hydroxyl groups excluding tert-OH is 1. The molecular formula is C41H47N4O4+. The predicted molar refractivity (Wildman–Crippen MR) is 192 cm³/mol. The maximum atomic E-state index is 12.5. The molecule has 5 unspecified atom stereocenters. The number of ketones is 1. The molecule has 0 aromatic heterocycles. The van der Waals surface area contributed by atoms with Crippen LogP contribution in [0.25, 0.3) is 11.1 Å². The average Bonchev–Trinajstić information content (AvgIpc) is 3.82. The number of aliphatic imine (C=N–C) groups is 1. The average molecular weight is 660 g/mol. The minimum absolute atomic E-state index is 0.0604. The maximum absolute atomic E-state index is 12.5. The summed E-state index contributed by atoms with van der Waals surface area (Å²) in [5.41, 5.74) is 18.8. The number of allylic oxidation sites excluding steroid dienone is 1. The number of nitrogens with zero attached hydrogens (tertiary/aromatic N) is 1. The van der Waals surface area contributed by atoms with Crippen LogP contribution < -0.4 is 20.7 Å². The number of carbonyl (C=O) groups is 1. The minimum atomic E-state index is -0.565. The van der Waals surface area contributed by atoms with E-state index in [1.165, 1.54) is 33.4 Å². The Morgan fingerprint density at radius 2 is 2.00 bits per heavy atom. The highest BCUT2D eigenvalue weighted by Crippen LogP contribution is 2.65. The summed E-state index contributed by atoms with van der Waals surface area (Å²) in [5.74, 6) is 0.927. The van der Waals surface area contributed by atoms with Crippen LogP contribution in [0.5, 0.6) is 11.5 Å². The van der Waals surface area contributed by atoms with E-state index >= 15 is 0 Å². The molecule has 1 saturated carbocycles. The Hall–Kier alpha value is -4.24. The van der Waals surface area contributed by atoms with E-state index in [2.05, 4.69) is 61.1 Å². The summed E-state index contributed by atoms with van der Waals surface area (Å²) in [6.07, 6.45) is 11.7. The number of phenolic OH excluding ortho intramolecular Hbond substituents is 1. The number of unbranched alkanes of at least 4 members (excludes halogenated alkanes) is 2. The molecule has 2 aliphatic carbocycles. The lowest BCUT2D eigenvalue weighted by Crippen LogP contribution is -3.07. The number of phenols is 1. The first kappa shape index (κ1) is 32.0. The number of benzene rings is 3. The van der Waals surface area contributed by atoms with Gasteiger partial charge in [-0.2, -0.15) is 0 Å². The lowest BCUT2D eigenvalue weighted by Gasteiger charge is -2.46. The number of nitrogens with one attached hydrogen (secondary N) is 2. The van der Waals surface area contributed by atoms with Crippen molar-refractivity contribution in [2.24, 2.45) is 10.7 Å². The summed E-state index contributed by atoms with van der Waals surface area (Å²) >= 11 is 0.